The molecule has 1 heterocycles. The van der Waals surface area contributed by atoms with Crippen molar-refractivity contribution in [2.45, 2.75) is 13.3 Å². The summed E-state index contributed by atoms with van der Waals surface area (Å²) in [7, 11) is 1.65. The summed E-state index contributed by atoms with van der Waals surface area (Å²) in [5, 5.41) is 11.9. The van der Waals surface area contributed by atoms with Crippen LogP contribution in [0, 0.1) is 16.9 Å². The minimum Gasteiger partial charge on any atom is -0.359 e. The molecule has 1 unspecified atom stereocenters. The normalized spacial score (nSPS) is 25.4. The maximum Gasteiger partial charge on any atom is 0.227 e. The number of thioether (sulfide) groups is 1. The van der Waals surface area contributed by atoms with Crippen LogP contribution >= 0.6 is 11.8 Å². The first-order valence-electron chi connectivity index (χ1n) is 5.05. The molecule has 0 radical (unpaired) electrons. The van der Waals surface area contributed by atoms with Crippen LogP contribution in [0.1, 0.15) is 13.3 Å². The first-order valence-corrected chi connectivity index (χ1v) is 6.28. The van der Waals surface area contributed by atoms with Gasteiger partial charge in [0, 0.05) is 20.1 Å². The Balaban J connectivity index is 2.76. The van der Waals surface area contributed by atoms with E-state index in [1.54, 1.807) is 13.2 Å². The van der Waals surface area contributed by atoms with Crippen molar-refractivity contribution in [3.05, 3.63) is 0 Å². The van der Waals surface area contributed by atoms with Crippen molar-refractivity contribution < 1.29 is 4.79 Å². The van der Waals surface area contributed by atoms with Gasteiger partial charge in [0.05, 0.1) is 5.41 Å². The Bertz CT molecular complexity index is 349. The van der Waals surface area contributed by atoms with Crippen molar-refractivity contribution in [1.82, 2.24) is 10.2 Å². The molecular weight excluding hydrogens is 224 g/mol. The summed E-state index contributed by atoms with van der Waals surface area (Å²) in [6, 6.07) is 0. The van der Waals surface area contributed by atoms with E-state index in [-0.39, 0.29) is 11.3 Å². The van der Waals surface area contributed by atoms with E-state index in [1.807, 2.05) is 18.1 Å². The van der Waals surface area contributed by atoms with Crippen LogP contribution in [-0.4, -0.2) is 42.4 Å². The number of hydrogen-bond donors (Lipinski definition) is 1. The molecule has 6 heteroatoms. The van der Waals surface area contributed by atoms with E-state index in [0.717, 1.165) is 13.0 Å². The molecule has 0 aromatic heterocycles. The van der Waals surface area contributed by atoms with Gasteiger partial charge in [-0.2, -0.15) is 5.26 Å². The predicted molar refractivity (Wildman–Crippen MR) is 64.9 cm³/mol. The molecule has 1 rings (SSSR count). The highest BCUT2D eigenvalue weighted by atomic mass is 32.2. The van der Waals surface area contributed by atoms with Gasteiger partial charge in [0.2, 0.25) is 12.1 Å². The minimum atomic E-state index is -0.374. The monoisotopic (exact) mass is 240 g/mol. The Morgan fingerprint density at radius 1 is 1.69 bits per heavy atom. The second-order valence-corrected chi connectivity index (χ2v) is 4.78. The second-order valence-electron chi connectivity index (χ2n) is 4.01. The molecule has 0 spiro atoms. The number of rotatable bonds is 1. The molecule has 1 aliphatic heterocycles. The molecule has 1 aliphatic rings. The Kier molecular flexibility index (Phi) is 4.19. The fourth-order valence-electron chi connectivity index (χ4n) is 1.90. The molecule has 1 fully saturated rings. The summed E-state index contributed by atoms with van der Waals surface area (Å²) in [5.74, 6) is 0.0485. The van der Waals surface area contributed by atoms with E-state index < -0.39 is 0 Å². The predicted octanol–water partition coefficient (Wildman–Crippen LogP) is 0.644. The largest absolute Gasteiger partial charge is 0.359 e. The summed E-state index contributed by atoms with van der Waals surface area (Å²) in [4.78, 5) is 17.4. The van der Waals surface area contributed by atoms with Gasteiger partial charge in [0.1, 0.15) is 0 Å². The van der Waals surface area contributed by atoms with Crippen LogP contribution in [0.5, 0.6) is 0 Å². The Morgan fingerprint density at radius 2 is 2.38 bits per heavy atom. The molecule has 0 aromatic carbocycles. The molecule has 0 aromatic rings. The van der Waals surface area contributed by atoms with Crippen LogP contribution < -0.4 is 5.32 Å². The number of amidine groups is 1. The van der Waals surface area contributed by atoms with Crippen LogP contribution in [0.15, 0.2) is 4.99 Å². The average Bonchev–Trinajstić information content (AvgIpc) is 2.68. The van der Waals surface area contributed by atoms with Crippen LogP contribution in [0.25, 0.3) is 0 Å². The second kappa shape index (κ2) is 5.21. The fraction of sp³-hybridized carbons (Fsp3) is 0.700. The van der Waals surface area contributed by atoms with Gasteiger partial charge in [-0.05, 0) is 19.6 Å². The molecule has 0 bridgehead atoms. The average molecular weight is 240 g/mol. The van der Waals surface area contributed by atoms with Crippen molar-refractivity contribution in [1.29, 1.82) is 5.26 Å². The molecule has 5 nitrogen and oxygen atoms in total. The highest BCUT2D eigenvalue weighted by molar-refractivity contribution is 8.13. The van der Waals surface area contributed by atoms with Crippen LogP contribution in [-0.2, 0) is 4.79 Å². The van der Waals surface area contributed by atoms with Gasteiger partial charge in [-0.3, -0.25) is 4.79 Å². The quantitative estimate of drug-likeness (QED) is 0.415. The number of carbonyl (C=O) groups is 1. The topological polar surface area (TPSA) is 68.5 Å². The molecule has 1 amide bonds. The SMILES string of the molecule is CNC(=O)C1(C)CCN(C(=NC#N)SC)C1. The zero-order valence-corrected chi connectivity index (χ0v) is 10.6. The van der Waals surface area contributed by atoms with Crippen LogP contribution in [0.2, 0.25) is 0 Å². The summed E-state index contributed by atoms with van der Waals surface area (Å²) in [6.45, 7) is 3.33. The van der Waals surface area contributed by atoms with Gasteiger partial charge in [-0.15, -0.1) is 4.99 Å². The lowest BCUT2D eigenvalue weighted by Gasteiger charge is -2.23. The van der Waals surface area contributed by atoms with Crippen LogP contribution in [0.3, 0.4) is 0 Å². The molecule has 0 aliphatic carbocycles. The van der Waals surface area contributed by atoms with Gasteiger partial charge in [-0.1, -0.05) is 11.8 Å². The summed E-state index contributed by atoms with van der Waals surface area (Å²) in [6.07, 6.45) is 4.46. The third-order valence-corrected chi connectivity index (χ3v) is 3.56. The zero-order valence-electron chi connectivity index (χ0n) is 9.78. The van der Waals surface area contributed by atoms with Crippen molar-refractivity contribution in [3.63, 3.8) is 0 Å². The molecule has 1 N–H and O–H groups in total. The van der Waals surface area contributed by atoms with E-state index in [2.05, 4.69) is 10.3 Å². The number of hydrogen-bond acceptors (Lipinski definition) is 4. The highest BCUT2D eigenvalue weighted by Crippen LogP contribution is 2.31. The number of likely N-dealkylation sites (tertiary alicyclic amines) is 1. The molecule has 1 saturated heterocycles. The minimum absolute atomic E-state index is 0.0485. The van der Waals surface area contributed by atoms with E-state index in [9.17, 15) is 4.79 Å². The maximum absolute atomic E-state index is 11.7. The molecular formula is C10H16N4OS. The van der Waals surface area contributed by atoms with E-state index in [1.165, 1.54) is 11.8 Å². The lowest BCUT2D eigenvalue weighted by Crippen LogP contribution is -2.39. The number of carbonyl (C=O) groups excluding carboxylic acids is 1. The van der Waals surface area contributed by atoms with Crippen LogP contribution in [0.4, 0.5) is 0 Å². The number of nitrogens with one attached hydrogen (secondary N) is 1. The van der Waals surface area contributed by atoms with Gasteiger partial charge in [0.25, 0.3) is 0 Å². The highest BCUT2D eigenvalue weighted by Gasteiger charge is 2.40. The molecule has 1 atom stereocenters. The number of nitrogens with zero attached hydrogens (tertiary/aromatic N) is 3. The van der Waals surface area contributed by atoms with E-state index in [0.29, 0.717) is 11.7 Å². The van der Waals surface area contributed by atoms with Gasteiger partial charge in [0.15, 0.2) is 5.17 Å². The fourth-order valence-corrected chi connectivity index (χ4v) is 2.45. The number of nitriles is 1. The lowest BCUT2D eigenvalue weighted by molar-refractivity contribution is -0.128. The number of amides is 1. The third-order valence-electron chi connectivity index (χ3n) is 2.85. The molecule has 88 valence electrons. The maximum atomic E-state index is 11.7. The van der Waals surface area contributed by atoms with Crippen molar-refractivity contribution in [2.24, 2.45) is 10.4 Å². The smallest absolute Gasteiger partial charge is 0.227 e. The Hall–Kier alpha value is -1.22. The summed E-state index contributed by atoms with van der Waals surface area (Å²) in [5.41, 5.74) is -0.374. The third kappa shape index (κ3) is 2.47. The molecule has 0 saturated carbocycles. The Labute approximate surface area is 99.9 Å². The standard InChI is InChI=1S/C10H16N4OS/c1-10(8(15)12-2)4-5-14(6-10)9(16-3)13-7-11/h4-6H2,1-3H3,(H,12,15). The Morgan fingerprint density at radius 3 is 2.88 bits per heavy atom. The van der Waals surface area contributed by atoms with Gasteiger partial charge in [-0.25, -0.2) is 0 Å². The van der Waals surface area contributed by atoms with E-state index in [4.69, 9.17) is 5.26 Å². The van der Waals surface area contributed by atoms with E-state index >= 15 is 0 Å². The number of aliphatic imine (C=N–C) groups is 1. The molecule has 16 heavy (non-hydrogen) atoms. The lowest BCUT2D eigenvalue weighted by atomic mass is 9.89. The van der Waals surface area contributed by atoms with Crippen molar-refractivity contribution >= 4 is 22.8 Å². The van der Waals surface area contributed by atoms with Crippen molar-refractivity contribution in [2.75, 3.05) is 26.4 Å². The summed E-state index contributed by atoms with van der Waals surface area (Å²) < 4.78 is 0. The van der Waals surface area contributed by atoms with Gasteiger partial charge >= 0.3 is 0 Å². The zero-order chi connectivity index (χ0) is 12.2. The first kappa shape index (κ1) is 12.8. The summed E-state index contributed by atoms with van der Waals surface area (Å²) >= 11 is 1.43. The van der Waals surface area contributed by atoms with Gasteiger partial charge < -0.3 is 10.2 Å². The van der Waals surface area contributed by atoms with Crippen molar-refractivity contribution in [3.8, 4) is 6.19 Å². The first-order chi connectivity index (χ1) is 7.57.